The first-order valence-corrected chi connectivity index (χ1v) is 30.9. The van der Waals surface area contributed by atoms with E-state index in [0.29, 0.717) is 19.3 Å². The van der Waals surface area contributed by atoms with Gasteiger partial charge < -0.3 is 14.2 Å². The van der Waals surface area contributed by atoms with Gasteiger partial charge in [-0.15, -0.1) is 0 Å². The molecule has 0 bridgehead atoms. The van der Waals surface area contributed by atoms with Crippen molar-refractivity contribution < 1.29 is 28.6 Å². The minimum Gasteiger partial charge on any atom is -0.462 e. The van der Waals surface area contributed by atoms with Gasteiger partial charge in [0.2, 0.25) is 0 Å². The molecule has 0 aliphatic rings. The lowest BCUT2D eigenvalue weighted by Gasteiger charge is -2.18. The zero-order valence-electron chi connectivity index (χ0n) is 47.7. The maximum absolute atomic E-state index is 12.8. The zero-order chi connectivity index (χ0) is 52.2. The molecule has 6 nitrogen and oxygen atoms in total. The predicted octanol–water partition coefficient (Wildman–Crippen LogP) is 20.9. The number of carbonyl (C=O) groups excluding carboxylic acids is 3. The van der Waals surface area contributed by atoms with E-state index in [4.69, 9.17) is 14.2 Å². The third-order valence-electron chi connectivity index (χ3n) is 13.5. The first kappa shape index (κ1) is 68.8. The van der Waals surface area contributed by atoms with Crippen molar-refractivity contribution in [3.63, 3.8) is 0 Å². The van der Waals surface area contributed by atoms with Crippen LogP contribution in [0.4, 0.5) is 0 Å². The Balaban J connectivity index is 4.39. The minimum absolute atomic E-state index is 0.101. The molecule has 0 heterocycles. The molecular weight excluding hydrogens is 889 g/mol. The van der Waals surface area contributed by atoms with E-state index < -0.39 is 6.10 Å². The molecule has 0 amide bonds. The molecule has 0 rings (SSSR count). The quantitative estimate of drug-likeness (QED) is 0.0261. The van der Waals surface area contributed by atoms with Crippen LogP contribution in [0.1, 0.15) is 310 Å². The second-order valence-electron chi connectivity index (χ2n) is 20.6. The monoisotopic (exact) mass is 1000 g/mol. The molecule has 416 valence electrons. The summed E-state index contributed by atoms with van der Waals surface area (Å²) in [5, 5.41) is 0. The van der Waals surface area contributed by atoms with Gasteiger partial charge in [0.15, 0.2) is 6.10 Å². The first-order valence-electron chi connectivity index (χ1n) is 30.9. The van der Waals surface area contributed by atoms with Crippen LogP contribution in [0, 0.1) is 0 Å². The van der Waals surface area contributed by atoms with Gasteiger partial charge in [-0.25, -0.2) is 0 Å². The van der Waals surface area contributed by atoms with Crippen molar-refractivity contribution in [2.24, 2.45) is 0 Å². The molecule has 0 radical (unpaired) electrons. The highest BCUT2D eigenvalue weighted by Gasteiger charge is 2.19. The van der Waals surface area contributed by atoms with Crippen LogP contribution in [0.15, 0.2) is 72.9 Å². The molecule has 6 heteroatoms. The summed E-state index contributed by atoms with van der Waals surface area (Å²) in [6, 6.07) is 0. The Kier molecular flexibility index (Phi) is 57.8. The van der Waals surface area contributed by atoms with Crippen molar-refractivity contribution >= 4 is 17.9 Å². The molecule has 0 aliphatic heterocycles. The molecule has 0 saturated carbocycles. The normalized spacial score (nSPS) is 12.5. The van der Waals surface area contributed by atoms with Gasteiger partial charge >= 0.3 is 17.9 Å². The first-order chi connectivity index (χ1) is 35.5. The number of rotatable bonds is 56. The topological polar surface area (TPSA) is 78.9 Å². The molecular formula is C66H116O6. The number of esters is 3. The van der Waals surface area contributed by atoms with Gasteiger partial charge in [0.25, 0.3) is 0 Å². The average molecular weight is 1010 g/mol. The third kappa shape index (κ3) is 57.7. The highest BCUT2D eigenvalue weighted by Crippen LogP contribution is 2.17. The number of ether oxygens (including phenoxy) is 3. The highest BCUT2D eigenvalue weighted by molar-refractivity contribution is 5.71. The molecule has 0 fully saturated rings. The maximum atomic E-state index is 12.8. The third-order valence-corrected chi connectivity index (χ3v) is 13.5. The Labute approximate surface area is 446 Å². The van der Waals surface area contributed by atoms with Crippen molar-refractivity contribution in [2.75, 3.05) is 13.2 Å². The van der Waals surface area contributed by atoms with Crippen LogP contribution in [0.3, 0.4) is 0 Å². The lowest BCUT2D eigenvalue weighted by molar-refractivity contribution is -0.166. The van der Waals surface area contributed by atoms with Crippen LogP contribution in [0.5, 0.6) is 0 Å². The molecule has 0 aromatic carbocycles. The Hall–Kier alpha value is -3.15. The standard InChI is InChI=1S/C66H116O6/c1-4-7-10-13-16-19-22-25-27-29-31-32-33-35-36-38-41-44-47-50-53-56-59-65(68)71-62-63(61-70-64(67)58-55-52-49-46-43-40-24-21-18-15-12-9-6-3)72-66(69)60-57-54-51-48-45-42-39-37-34-30-28-26-23-20-17-14-11-8-5-2/h8,11,17,20,26,28,34,37,42,45,51,54,63H,4-7,9-10,12-16,18-19,21-25,27,29-33,35-36,38-41,43-44,46-50,52-53,55-62H2,1-3H3/b11-8-,20-17-,28-26-,37-34-,45-42-,54-51-. The second kappa shape index (κ2) is 60.4. The summed E-state index contributed by atoms with van der Waals surface area (Å²) in [5.74, 6) is -0.971. The smallest absolute Gasteiger partial charge is 0.306 e. The Morgan fingerprint density at radius 3 is 0.819 bits per heavy atom. The SMILES string of the molecule is CC/C=C\C/C=C\C/C=C\C/C=C\C/C=C\C/C=C\CCC(=O)OC(COC(=O)CCCCCCCCCCCCCCC)COC(=O)CCCCCCCCCCCCCCCCCCCCCCCC. The fraction of sp³-hybridized carbons (Fsp3) is 0.773. The zero-order valence-corrected chi connectivity index (χ0v) is 47.7. The van der Waals surface area contributed by atoms with E-state index in [1.165, 1.54) is 186 Å². The summed E-state index contributed by atoms with van der Waals surface area (Å²) in [6.07, 6.45) is 77.8. The van der Waals surface area contributed by atoms with Gasteiger partial charge in [-0.3, -0.25) is 14.4 Å². The molecule has 72 heavy (non-hydrogen) atoms. The minimum atomic E-state index is -0.813. The van der Waals surface area contributed by atoms with Crippen LogP contribution in [-0.4, -0.2) is 37.2 Å². The van der Waals surface area contributed by atoms with Crippen LogP contribution in [0.2, 0.25) is 0 Å². The van der Waals surface area contributed by atoms with Crippen LogP contribution >= 0.6 is 0 Å². The molecule has 1 unspecified atom stereocenters. The van der Waals surface area contributed by atoms with E-state index in [0.717, 1.165) is 77.0 Å². The van der Waals surface area contributed by atoms with Crippen molar-refractivity contribution in [2.45, 2.75) is 316 Å². The summed E-state index contributed by atoms with van der Waals surface area (Å²) in [5.41, 5.74) is 0. The fourth-order valence-corrected chi connectivity index (χ4v) is 8.88. The summed E-state index contributed by atoms with van der Waals surface area (Å²) < 4.78 is 16.8. The van der Waals surface area contributed by atoms with E-state index in [9.17, 15) is 14.4 Å². The van der Waals surface area contributed by atoms with E-state index in [1.54, 1.807) is 0 Å². The lowest BCUT2D eigenvalue weighted by Crippen LogP contribution is -2.30. The van der Waals surface area contributed by atoms with Gasteiger partial charge in [0.1, 0.15) is 13.2 Å². The predicted molar refractivity (Wildman–Crippen MR) is 311 cm³/mol. The Bertz CT molecular complexity index is 1340. The number of unbranched alkanes of at least 4 members (excludes halogenated alkanes) is 33. The largest absolute Gasteiger partial charge is 0.462 e. The van der Waals surface area contributed by atoms with Gasteiger partial charge in [0, 0.05) is 19.3 Å². The van der Waals surface area contributed by atoms with Gasteiger partial charge in [-0.05, 0) is 57.8 Å². The highest BCUT2D eigenvalue weighted by atomic mass is 16.6. The van der Waals surface area contributed by atoms with Crippen LogP contribution in [-0.2, 0) is 28.6 Å². The summed E-state index contributed by atoms with van der Waals surface area (Å²) in [6.45, 7) is 6.50. The van der Waals surface area contributed by atoms with Crippen LogP contribution in [0.25, 0.3) is 0 Å². The number of allylic oxidation sites excluding steroid dienone is 12. The summed E-state index contributed by atoms with van der Waals surface area (Å²) in [7, 11) is 0. The van der Waals surface area contributed by atoms with Crippen molar-refractivity contribution in [3.05, 3.63) is 72.9 Å². The molecule has 0 aromatic heterocycles. The van der Waals surface area contributed by atoms with Gasteiger partial charge in [0.05, 0.1) is 0 Å². The van der Waals surface area contributed by atoms with Crippen molar-refractivity contribution in [1.29, 1.82) is 0 Å². The van der Waals surface area contributed by atoms with E-state index in [-0.39, 0.29) is 37.5 Å². The van der Waals surface area contributed by atoms with E-state index in [2.05, 4.69) is 87.6 Å². The molecule has 0 spiro atoms. The fourth-order valence-electron chi connectivity index (χ4n) is 8.88. The number of hydrogen-bond donors (Lipinski definition) is 0. The molecule has 0 saturated heterocycles. The number of carbonyl (C=O) groups is 3. The van der Waals surface area contributed by atoms with Gasteiger partial charge in [-0.1, -0.05) is 306 Å². The molecule has 0 aromatic rings. The summed E-state index contributed by atoms with van der Waals surface area (Å²) in [4.78, 5) is 38.2. The Morgan fingerprint density at radius 1 is 0.292 bits per heavy atom. The van der Waals surface area contributed by atoms with Crippen LogP contribution < -0.4 is 0 Å². The van der Waals surface area contributed by atoms with E-state index in [1.807, 2.05) is 6.08 Å². The lowest BCUT2D eigenvalue weighted by atomic mass is 10.0. The van der Waals surface area contributed by atoms with E-state index >= 15 is 0 Å². The van der Waals surface area contributed by atoms with Crippen molar-refractivity contribution in [1.82, 2.24) is 0 Å². The molecule has 0 aliphatic carbocycles. The molecule has 1 atom stereocenters. The number of hydrogen-bond acceptors (Lipinski definition) is 6. The molecule has 0 N–H and O–H groups in total. The van der Waals surface area contributed by atoms with Crippen molar-refractivity contribution in [3.8, 4) is 0 Å². The summed E-state index contributed by atoms with van der Waals surface area (Å²) >= 11 is 0. The average Bonchev–Trinajstić information content (AvgIpc) is 3.38. The van der Waals surface area contributed by atoms with Gasteiger partial charge in [-0.2, -0.15) is 0 Å². The maximum Gasteiger partial charge on any atom is 0.306 e. The Morgan fingerprint density at radius 2 is 0.542 bits per heavy atom. The second-order valence-corrected chi connectivity index (χ2v) is 20.6.